The Labute approximate surface area is 145 Å². The molecule has 0 amide bonds. The van der Waals surface area contributed by atoms with E-state index in [4.69, 9.17) is 19.8 Å². The first-order valence-corrected chi connectivity index (χ1v) is 10.0. The largest absolute Gasteiger partial charge is 0.424 e. The summed E-state index contributed by atoms with van der Waals surface area (Å²) in [5, 5.41) is 5.13. The van der Waals surface area contributed by atoms with Gasteiger partial charge in [-0.2, -0.15) is 0 Å². The molecule has 2 spiro atoms. The molecule has 0 bridgehead atoms. The third kappa shape index (κ3) is 2.38. The summed E-state index contributed by atoms with van der Waals surface area (Å²) in [6.45, 7) is 4.38. The first kappa shape index (κ1) is 15.4. The van der Waals surface area contributed by atoms with Crippen LogP contribution >= 0.6 is 0 Å². The third-order valence-electron chi connectivity index (χ3n) is 6.76. The zero-order chi connectivity index (χ0) is 16.4. The van der Waals surface area contributed by atoms with Crippen LogP contribution in [0.3, 0.4) is 0 Å². The van der Waals surface area contributed by atoms with Crippen LogP contribution in [0.15, 0.2) is 0 Å². The molecular weight excluding hydrogens is 302 g/mol. The number of ether oxygens (including phenoxy) is 2. The highest BCUT2D eigenvalue weighted by Crippen LogP contribution is 2.45. The number of nitrogens with zero attached hydrogens (tertiary/aromatic N) is 3. The second-order valence-electron chi connectivity index (χ2n) is 8.76. The van der Waals surface area contributed by atoms with Gasteiger partial charge in [-0.1, -0.05) is 10.3 Å². The lowest BCUT2D eigenvalue weighted by molar-refractivity contribution is -0.168. The summed E-state index contributed by atoms with van der Waals surface area (Å²) in [4.78, 5) is 7.65. The number of aliphatic imine (C=N–C) groups is 1. The van der Waals surface area contributed by atoms with Gasteiger partial charge < -0.3 is 9.47 Å². The minimum Gasteiger partial charge on any atom is -0.337 e. The second kappa shape index (κ2) is 5.34. The molecule has 0 saturated carbocycles. The lowest BCUT2D eigenvalue weighted by Crippen LogP contribution is -2.68. The SMILES string of the molecule is C[C@@H]1CCC[C@]2(C[C@H]3CC[C@@H]4C[C@]5(CCC[C@@H](C)O5)[N+]=C([N]2)N34)O1. The molecule has 2 radical (unpaired) electrons. The molecule has 0 aliphatic carbocycles. The van der Waals surface area contributed by atoms with E-state index in [1.807, 2.05) is 0 Å². The molecule has 4 fully saturated rings. The van der Waals surface area contributed by atoms with Gasteiger partial charge in [0.2, 0.25) is 11.4 Å². The van der Waals surface area contributed by atoms with Crippen LogP contribution in [0, 0.1) is 0 Å². The molecule has 0 aromatic heterocycles. The average Bonchev–Trinajstić information content (AvgIpc) is 2.89. The molecule has 5 nitrogen and oxygen atoms in total. The summed E-state index contributed by atoms with van der Waals surface area (Å²) in [5.41, 5.74) is -0.628. The minimum atomic E-state index is -0.314. The van der Waals surface area contributed by atoms with Gasteiger partial charge in [-0.25, -0.2) is 0 Å². The number of hydrogen-bond donors (Lipinski definition) is 0. The van der Waals surface area contributed by atoms with Gasteiger partial charge in [-0.15, -0.1) is 0 Å². The minimum absolute atomic E-state index is 0.314. The van der Waals surface area contributed by atoms with Crippen LogP contribution in [-0.4, -0.2) is 46.6 Å². The standard InChI is InChI=1S/C19H30N3O2/c1-13-5-3-9-18(23-13)11-15-7-8-16-12-19(10-4-6-14(2)24-19)21-17(20-18)22(15)16/h13-16H,3-12H2,1-2H3/q+1/t13-,14-,15-,16-,18-,19-/m1/s1. The van der Waals surface area contributed by atoms with E-state index in [0.717, 1.165) is 44.5 Å². The maximum atomic E-state index is 6.40. The second-order valence-corrected chi connectivity index (χ2v) is 8.76. The van der Waals surface area contributed by atoms with E-state index >= 15 is 0 Å². The Kier molecular flexibility index (Phi) is 3.44. The topological polar surface area (TPSA) is 49.9 Å². The van der Waals surface area contributed by atoms with Gasteiger partial charge in [0, 0.05) is 25.7 Å². The van der Waals surface area contributed by atoms with Gasteiger partial charge in [-0.3, -0.25) is 4.90 Å². The van der Waals surface area contributed by atoms with Gasteiger partial charge in [0.15, 0.2) is 0 Å². The Balaban J connectivity index is 1.48. The predicted molar refractivity (Wildman–Crippen MR) is 91.4 cm³/mol. The van der Waals surface area contributed by atoms with Crippen molar-refractivity contribution >= 4 is 5.96 Å². The Bertz CT molecular complexity index is 553. The van der Waals surface area contributed by atoms with E-state index in [0.29, 0.717) is 24.3 Å². The molecule has 5 heterocycles. The monoisotopic (exact) mass is 332 g/mol. The lowest BCUT2D eigenvalue weighted by Gasteiger charge is -2.46. The summed E-state index contributed by atoms with van der Waals surface area (Å²) in [6, 6.07) is 1.13. The molecule has 5 aliphatic rings. The molecule has 5 rings (SSSR count). The summed E-state index contributed by atoms with van der Waals surface area (Å²) in [5.74, 6) is 0.947. The molecule has 6 atom stereocenters. The van der Waals surface area contributed by atoms with Gasteiger partial charge in [0.1, 0.15) is 0 Å². The van der Waals surface area contributed by atoms with E-state index < -0.39 is 0 Å². The van der Waals surface area contributed by atoms with Crippen LogP contribution in [0.5, 0.6) is 0 Å². The van der Waals surface area contributed by atoms with Gasteiger partial charge in [-0.05, 0) is 52.4 Å². The highest BCUT2D eigenvalue weighted by atomic mass is 16.5. The molecule has 24 heavy (non-hydrogen) atoms. The van der Waals surface area contributed by atoms with Crippen LogP contribution in [0.4, 0.5) is 0 Å². The van der Waals surface area contributed by atoms with Crippen LogP contribution in [0.25, 0.3) is 0 Å². The van der Waals surface area contributed by atoms with Crippen molar-refractivity contribution in [3.05, 3.63) is 0 Å². The normalized spacial score (nSPS) is 50.6. The highest BCUT2D eigenvalue weighted by Gasteiger charge is 2.62. The fourth-order valence-electron chi connectivity index (χ4n) is 5.80. The molecule has 0 aromatic rings. The lowest BCUT2D eigenvalue weighted by atomic mass is 9.89. The van der Waals surface area contributed by atoms with Crippen molar-refractivity contribution in [1.29, 1.82) is 0 Å². The number of guanidine groups is 1. The summed E-state index contributed by atoms with van der Waals surface area (Å²) < 4.78 is 12.8. The van der Waals surface area contributed by atoms with Crippen molar-refractivity contribution in [2.45, 2.75) is 114 Å². The fourth-order valence-corrected chi connectivity index (χ4v) is 5.80. The zero-order valence-corrected chi connectivity index (χ0v) is 15.0. The Morgan fingerprint density at radius 3 is 2.42 bits per heavy atom. The van der Waals surface area contributed by atoms with Crippen molar-refractivity contribution in [2.24, 2.45) is 0 Å². The maximum absolute atomic E-state index is 6.40. The summed E-state index contributed by atoms with van der Waals surface area (Å²) >= 11 is 0. The number of rotatable bonds is 0. The molecule has 0 N–H and O–H groups in total. The van der Waals surface area contributed by atoms with Gasteiger partial charge >= 0.3 is 5.96 Å². The van der Waals surface area contributed by atoms with Crippen LogP contribution < -0.4 is 10.3 Å². The fraction of sp³-hybridized carbons (Fsp3) is 0.947. The van der Waals surface area contributed by atoms with Crippen molar-refractivity contribution < 1.29 is 9.47 Å². The Morgan fingerprint density at radius 2 is 1.67 bits per heavy atom. The summed E-state index contributed by atoms with van der Waals surface area (Å²) in [6.07, 6.45) is 12.1. The van der Waals surface area contributed by atoms with Crippen molar-refractivity contribution in [3.8, 4) is 0 Å². The van der Waals surface area contributed by atoms with E-state index in [1.54, 1.807) is 0 Å². The molecule has 4 saturated heterocycles. The van der Waals surface area contributed by atoms with Gasteiger partial charge in [0.05, 0.1) is 24.3 Å². The number of hydrogen-bond acceptors (Lipinski definition) is 4. The van der Waals surface area contributed by atoms with Crippen LogP contribution in [0.2, 0.25) is 0 Å². The van der Waals surface area contributed by atoms with Crippen molar-refractivity contribution in [3.63, 3.8) is 0 Å². The molecule has 132 valence electrons. The Hall–Kier alpha value is -0.810. The average molecular weight is 332 g/mol. The highest BCUT2D eigenvalue weighted by molar-refractivity contribution is 5.82. The first-order valence-electron chi connectivity index (χ1n) is 10.0. The zero-order valence-electron chi connectivity index (χ0n) is 15.0. The molecule has 0 unspecified atom stereocenters. The molecule has 0 aromatic carbocycles. The van der Waals surface area contributed by atoms with E-state index in [9.17, 15) is 0 Å². The molecule has 5 heteroatoms. The molecule has 5 aliphatic heterocycles. The Morgan fingerprint density at radius 1 is 0.958 bits per heavy atom. The van der Waals surface area contributed by atoms with Crippen molar-refractivity contribution in [2.75, 3.05) is 0 Å². The van der Waals surface area contributed by atoms with Crippen LogP contribution in [0.1, 0.15) is 78.1 Å². The quantitative estimate of drug-likeness (QED) is 0.685. The van der Waals surface area contributed by atoms with Crippen molar-refractivity contribution in [1.82, 2.24) is 15.2 Å². The maximum Gasteiger partial charge on any atom is 0.424 e. The third-order valence-corrected chi connectivity index (χ3v) is 6.76. The van der Waals surface area contributed by atoms with E-state index in [1.165, 1.54) is 25.7 Å². The predicted octanol–water partition coefficient (Wildman–Crippen LogP) is 2.49. The first-order chi connectivity index (χ1) is 11.6. The van der Waals surface area contributed by atoms with E-state index in [2.05, 4.69) is 18.7 Å². The smallest absolute Gasteiger partial charge is 0.337 e. The van der Waals surface area contributed by atoms with Gasteiger partial charge in [0.25, 0.3) is 0 Å². The summed E-state index contributed by atoms with van der Waals surface area (Å²) in [7, 11) is 0. The van der Waals surface area contributed by atoms with E-state index in [-0.39, 0.29) is 11.4 Å². The van der Waals surface area contributed by atoms with Crippen LogP contribution in [-0.2, 0) is 9.47 Å². The molecular formula is C19H30N3O2+.